The summed E-state index contributed by atoms with van der Waals surface area (Å²) < 4.78 is 0. The fourth-order valence-corrected chi connectivity index (χ4v) is 2.44. The Kier molecular flexibility index (Phi) is 7.14. The SMILES string of the molecule is Cl.OCCN(CCO)Cc1cc(Cl)c2cccnc2c1O. The van der Waals surface area contributed by atoms with Gasteiger partial charge in [-0.15, -0.1) is 12.4 Å². The number of hydrogen-bond acceptors (Lipinski definition) is 5. The predicted molar refractivity (Wildman–Crippen MR) is 85.1 cm³/mol. The van der Waals surface area contributed by atoms with Crippen LogP contribution in [0.2, 0.25) is 5.02 Å². The van der Waals surface area contributed by atoms with Crippen LogP contribution in [0.25, 0.3) is 10.9 Å². The van der Waals surface area contributed by atoms with Gasteiger partial charge in [0.1, 0.15) is 11.3 Å². The summed E-state index contributed by atoms with van der Waals surface area (Å²) >= 11 is 6.20. The lowest BCUT2D eigenvalue weighted by molar-refractivity contribution is 0.155. The van der Waals surface area contributed by atoms with Gasteiger partial charge >= 0.3 is 0 Å². The summed E-state index contributed by atoms with van der Waals surface area (Å²) in [6.45, 7) is 1.19. The molecule has 2 rings (SSSR count). The van der Waals surface area contributed by atoms with Crippen LogP contribution in [0.5, 0.6) is 5.75 Å². The lowest BCUT2D eigenvalue weighted by Crippen LogP contribution is -2.29. The number of aliphatic hydroxyl groups is 2. The molecule has 7 heteroatoms. The van der Waals surface area contributed by atoms with Crippen molar-refractivity contribution in [1.29, 1.82) is 0 Å². The Morgan fingerprint density at radius 3 is 2.48 bits per heavy atom. The lowest BCUT2D eigenvalue weighted by atomic mass is 10.1. The molecule has 1 heterocycles. The summed E-state index contributed by atoms with van der Waals surface area (Å²) in [6.07, 6.45) is 1.60. The van der Waals surface area contributed by atoms with Crippen LogP contribution in [0, 0.1) is 0 Å². The first kappa shape index (κ1) is 17.9. The Morgan fingerprint density at radius 1 is 1.19 bits per heavy atom. The van der Waals surface area contributed by atoms with Crippen LogP contribution < -0.4 is 0 Å². The largest absolute Gasteiger partial charge is 0.505 e. The molecule has 0 aliphatic carbocycles. The van der Waals surface area contributed by atoms with Gasteiger partial charge in [0.15, 0.2) is 0 Å². The molecular formula is C14H18Cl2N2O3. The standard InChI is InChI=1S/C14H17ClN2O3.ClH/c15-12-8-10(9-17(4-6-18)5-7-19)14(20)13-11(12)2-1-3-16-13;/h1-3,8,18-20H,4-7,9H2;1H. The highest BCUT2D eigenvalue weighted by atomic mass is 35.5. The molecule has 0 fully saturated rings. The molecule has 5 nitrogen and oxygen atoms in total. The van der Waals surface area contributed by atoms with Gasteiger partial charge in [0.05, 0.1) is 18.2 Å². The molecular weight excluding hydrogens is 315 g/mol. The van der Waals surface area contributed by atoms with Crippen molar-refractivity contribution in [3.8, 4) is 5.75 Å². The molecule has 0 saturated carbocycles. The number of halogens is 2. The second-order valence-corrected chi connectivity index (χ2v) is 4.90. The van der Waals surface area contributed by atoms with Gasteiger partial charge in [-0.2, -0.15) is 0 Å². The van der Waals surface area contributed by atoms with Gasteiger partial charge in [0.25, 0.3) is 0 Å². The summed E-state index contributed by atoms with van der Waals surface area (Å²) in [5.74, 6) is 0.0888. The molecule has 21 heavy (non-hydrogen) atoms. The number of aromatic nitrogens is 1. The van der Waals surface area contributed by atoms with E-state index in [-0.39, 0.29) is 31.4 Å². The van der Waals surface area contributed by atoms with E-state index >= 15 is 0 Å². The van der Waals surface area contributed by atoms with Gasteiger partial charge in [-0.25, -0.2) is 0 Å². The molecule has 0 aliphatic heterocycles. The first-order valence-corrected chi connectivity index (χ1v) is 6.74. The number of phenols is 1. The van der Waals surface area contributed by atoms with E-state index in [0.717, 1.165) is 0 Å². The van der Waals surface area contributed by atoms with E-state index in [1.165, 1.54) is 0 Å². The Bertz CT molecular complexity index is 590. The highest BCUT2D eigenvalue weighted by molar-refractivity contribution is 6.35. The number of aliphatic hydroxyl groups excluding tert-OH is 2. The normalized spacial score (nSPS) is 10.9. The summed E-state index contributed by atoms with van der Waals surface area (Å²) in [4.78, 5) is 5.98. The Morgan fingerprint density at radius 2 is 1.86 bits per heavy atom. The molecule has 0 aliphatic rings. The fraction of sp³-hybridized carbons (Fsp3) is 0.357. The van der Waals surface area contributed by atoms with E-state index in [1.807, 2.05) is 4.90 Å². The quantitative estimate of drug-likeness (QED) is 0.752. The highest BCUT2D eigenvalue weighted by Gasteiger charge is 2.14. The number of phenolic OH excluding ortho intramolecular Hbond substituents is 1. The third kappa shape index (κ3) is 4.18. The summed E-state index contributed by atoms with van der Waals surface area (Å²) in [5.41, 5.74) is 1.09. The highest BCUT2D eigenvalue weighted by Crippen LogP contribution is 2.33. The second kappa shape index (κ2) is 8.36. The third-order valence-corrected chi connectivity index (χ3v) is 3.43. The summed E-state index contributed by atoms with van der Waals surface area (Å²) in [6, 6.07) is 5.26. The van der Waals surface area contributed by atoms with Crippen LogP contribution >= 0.6 is 24.0 Å². The van der Waals surface area contributed by atoms with Gasteiger partial charge in [-0.1, -0.05) is 11.6 Å². The third-order valence-electron chi connectivity index (χ3n) is 3.12. The molecule has 0 atom stereocenters. The molecule has 0 bridgehead atoms. The van der Waals surface area contributed by atoms with Crippen LogP contribution in [-0.2, 0) is 6.54 Å². The van der Waals surface area contributed by atoms with E-state index in [4.69, 9.17) is 21.8 Å². The average Bonchev–Trinajstić information content (AvgIpc) is 2.45. The van der Waals surface area contributed by atoms with Crippen LogP contribution in [-0.4, -0.2) is 51.5 Å². The number of fused-ring (bicyclic) bond motifs is 1. The minimum atomic E-state index is -0.0136. The Hall–Kier alpha value is -1.11. The maximum Gasteiger partial charge on any atom is 0.146 e. The van der Waals surface area contributed by atoms with Crippen molar-refractivity contribution < 1.29 is 15.3 Å². The summed E-state index contributed by atoms with van der Waals surface area (Å²) in [7, 11) is 0. The van der Waals surface area contributed by atoms with E-state index in [1.54, 1.807) is 24.4 Å². The molecule has 0 spiro atoms. The second-order valence-electron chi connectivity index (χ2n) is 4.49. The zero-order valence-electron chi connectivity index (χ0n) is 11.4. The van der Waals surface area contributed by atoms with E-state index in [9.17, 15) is 5.11 Å². The topological polar surface area (TPSA) is 76.8 Å². The van der Waals surface area contributed by atoms with E-state index < -0.39 is 0 Å². The van der Waals surface area contributed by atoms with E-state index in [2.05, 4.69) is 4.98 Å². The number of aromatic hydroxyl groups is 1. The molecule has 0 unspecified atom stereocenters. The fourth-order valence-electron chi connectivity index (χ4n) is 2.15. The average molecular weight is 333 g/mol. The van der Waals surface area contributed by atoms with Crippen molar-refractivity contribution in [3.63, 3.8) is 0 Å². The number of pyridine rings is 1. The monoisotopic (exact) mass is 332 g/mol. The zero-order chi connectivity index (χ0) is 14.5. The number of rotatable bonds is 6. The minimum absolute atomic E-state index is 0. The number of benzene rings is 1. The Labute approximate surface area is 134 Å². The van der Waals surface area contributed by atoms with Crippen molar-refractivity contribution in [2.75, 3.05) is 26.3 Å². The first-order valence-electron chi connectivity index (χ1n) is 6.36. The zero-order valence-corrected chi connectivity index (χ0v) is 12.9. The smallest absolute Gasteiger partial charge is 0.146 e. The van der Waals surface area contributed by atoms with Gasteiger partial charge in [0, 0.05) is 36.8 Å². The van der Waals surface area contributed by atoms with Crippen LogP contribution in [0.1, 0.15) is 5.56 Å². The maximum atomic E-state index is 10.3. The van der Waals surface area contributed by atoms with Crippen LogP contribution in [0.15, 0.2) is 24.4 Å². The van der Waals surface area contributed by atoms with Crippen molar-refractivity contribution >= 4 is 34.9 Å². The molecule has 0 amide bonds. The molecule has 1 aromatic heterocycles. The lowest BCUT2D eigenvalue weighted by Gasteiger charge is -2.21. The maximum absolute atomic E-state index is 10.3. The number of hydrogen-bond donors (Lipinski definition) is 3. The van der Waals surface area contributed by atoms with Crippen LogP contribution in [0.4, 0.5) is 0 Å². The van der Waals surface area contributed by atoms with Gasteiger partial charge in [0.2, 0.25) is 0 Å². The van der Waals surface area contributed by atoms with Crippen molar-refractivity contribution in [2.24, 2.45) is 0 Å². The summed E-state index contributed by atoms with van der Waals surface area (Å²) in [5, 5.41) is 29.5. The van der Waals surface area contributed by atoms with Gasteiger partial charge in [-0.05, 0) is 18.2 Å². The van der Waals surface area contributed by atoms with Crippen molar-refractivity contribution in [2.45, 2.75) is 6.54 Å². The molecule has 0 radical (unpaired) electrons. The van der Waals surface area contributed by atoms with Crippen molar-refractivity contribution in [1.82, 2.24) is 9.88 Å². The molecule has 116 valence electrons. The van der Waals surface area contributed by atoms with Crippen molar-refractivity contribution in [3.05, 3.63) is 35.0 Å². The molecule has 2 aromatic rings. The molecule has 0 saturated heterocycles. The number of nitrogens with zero attached hydrogens (tertiary/aromatic N) is 2. The minimum Gasteiger partial charge on any atom is -0.505 e. The van der Waals surface area contributed by atoms with Crippen LogP contribution in [0.3, 0.4) is 0 Å². The predicted octanol–water partition coefficient (Wildman–Crippen LogP) is 1.80. The van der Waals surface area contributed by atoms with Gasteiger partial charge < -0.3 is 15.3 Å². The molecule has 3 N–H and O–H groups in total. The van der Waals surface area contributed by atoms with E-state index in [0.29, 0.717) is 41.1 Å². The first-order chi connectivity index (χ1) is 9.67. The van der Waals surface area contributed by atoms with Gasteiger partial charge in [-0.3, -0.25) is 9.88 Å². The Balaban J connectivity index is 0.00000220. The molecule has 1 aromatic carbocycles.